The first-order valence-corrected chi connectivity index (χ1v) is 11.8. The van der Waals surface area contributed by atoms with Gasteiger partial charge in [0.2, 0.25) is 5.91 Å². The van der Waals surface area contributed by atoms with Crippen molar-refractivity contribution < 1.29 is 19.4 Å². The fourth-order valence-electron chi connectivity index (χ4n) is 4.71. The van der Waals surface area contributed by atoms with E-state index in [4.69, 9.17) is 14.5 Å². The molecule has 2 atom stereocenters. The molecule has 7 nitrogen and oxygen atoms in total. The number of aromatic nitrogens is 2. The Morgan fingerprint density at radius 2 is 1.83 bits per heavy atom. The van der Waals surface area contributed by atoms with Crippen LogP contribution in [0, 0.1) is 6.92 Å². The molecule has 1 amide bonds. The van der Waals surface area contributed by atoms with Crippen molar-refractivity contribution in [3.8, 4) is 11.5 Å². The van der Waals surface area contributed by atoms with Gasteiger partial charge in [0.05, 0.1) is 24.7 Å². The number of hydrogen-bond donors (Lipinski definition) is 1. The molecule has 1 saturated heterocycles. The van der Waals surface area contributed by atoms with Gasteiger partial charge in [-0.3, -0.25) is 4.79 Å². The monoisotopic (exact) mass is 471 g/mol. The normalized spacial score (nSPS) is 16.6. The average Bonchev–Trinajstić information content (AvgIpc) is 3.43. The van der Waals surface area contributed by atoms with Crippen molar-refractivity contribution in [3.63, 3.8) is 0 Å². The summed E-state index contributed by atoms with van der Waals surface area (Å²) in [5, 5.41) is 10.9. The molecule has 2 heterocycles. The number of para-hydroxylation sites is 4. The Bertz CT molecular complexity index is 1350. The molecule has 0 bridgehead atoms. The molecule has 180 valence electrons. The van der Waals surface area contributed by atoms with E-state index in [2.05, 4.69) is 0 Å². The van der Waals surface area contributed by atoms with Crippen LogP contribution >= 0.6 is 0 Å². The summed E-state index contributed by atoms with van der Waals surface area (Å²) >= 11 is 0. The van der Waals surface area contributed by atoms with Crippen molar-refractivity contribution in [1.82, 2.24) is 9.55 Å². The summed E-state index contributed by atoms with van der Waals surface area (Å²) in [5.41, 5.74) is 3.80. The molecule has 0 aliphatic carbocycles. The van der Waals surface area contributed by atoms with Crippen molar-refractivity contribution in [1.29, 1.82) is 0 Å². The molecule has 7 heteroatoms. The molecule has 0 saturated carbocycles. The van der Waals surface area contributed by atoms with Crippen molar-refractivity contribution in [2.45, 2.75) is 31.9 Å². The van der Waals surface area contributed by atoms with Crippen LogP contribution in [0.5, 0.6) is 11.5 Å². The Kier molecular flexibility index (Phi) is 6.42. The van der Waals surface area contributed by atoms with Crippen molar-refractivity contribution >= 4 is 22.6 Å². The minimum atomic E-state index is -0.777. The second-order valence-corrected chi connectivity index (χ2v) is 8.93. The van der Waals surface area contributed by atoms with Gasteiger partial charge in [-0.1, -0.05) is 36.4 Å². The van der Waals surface area contributed by atoms with Crippen molar-refractivity contribution in [2.24, 2.45) is 0 Å². The lowest BCUT2D eigenvalue weighted by Crippen LogP contribution is -2.26. The number of ether oxygens (including phenoxy) is 2. The highest BCUT2D eigenvalue weighted by Gasteiger charge is 2.35. The minimum absolute atomic E-state index is 0.0715. The second-order valence-electron chi connectivity index (χ2n) is 8.93. The number of aliphatic hydroxyl groups excluding tert-OH is 1. The zero-order valence-electron chi connectivity index (χ0n) is 19.9. The maximum absolute atomic E-state index is 12.9. The van der Waals surface area contributed by atoms with E-state index >= 15 is 0 Å². The smallest absolute Gasteiger partial charge is 0.227 e. The molecule has 1 fully saturated rings. The number of imidazole rings is 1. The predicted molar refractivity (Wildman–Crippen MR) is 135 cm³/mol. The molecule has 4 aromatic rings. The van der Waals surface area contributed by atoms with Gasteiger partial charge in [-0.15, -0.1) is 0 Å². The average molecular weight is 472 g/mol. The Hall–Kier alpha value is -3.84. The molecule has 0 radical (unpaired) electrons. The number of benzene rings is 3. The van der Waals surface area contributed by atoms with Crippen LogP contribution in [-0.2, 0) is 11.3 Å². The number of fused-ring (bicyclic) bond motifs is 1. The third-order valence-corrected chi connectivity index (χ3v) is 6.38. The van der Waals surface area contributed by atoms with Gasteiger partial charge in [-0.2, -0.15) is 0 Å². The lowest BCUT2D eigenvalue weighted by atomic mass is 10.1. The van der Waals surface area contributed by atoms with Crippen LogP contribution < -0.4 is 14.4 Å². The van der Waals surface area contributed by atoms with Crippen molar-refractivity contribution in [2.75, 3.05) is 25.2 Å². The van der Waals surface area contributed by atoms with Crippen LogP contribution in [0.1, 0.15) is 23.7 Å². The molecule has 35 heavy (non-hydrogen) atoms. The number of carbonyl (C=O) groups excluding carboxylic acids is 1. The number of methoxy groups -OCH3 is 1. The number of anilines is 1. The number of aliphatic hydroxyl groups is 1. The van der Waals surface area contributed by atoms with E-state index < -0.39 is 6.10 Å². The Labute approximate surface area is 204 Å². The highest BCUT2D eigenvalue weighted by Crippen LogP contribution is 2.34. The van der Waals surface area contributed by atoms with Gasteiger partial charge in [-0.05, 0) is 48.9 Å². The first-order valence-electron chi connectivity index (χ1n) is 11.8. The van der Waals surface area contributed by atoms with E-state index in [-0.39, 0.29) is 18.4 Å². The maximum Gasteiger partial charge on any atom is 0.227 e. The third-order valence-electron chi connectivity index (χ3n) is 6.38. The number of carbonyl (C=O) groups is 1. The summed E-state index contributed by atoms with van der Waals surface area (Å²) < 4.78 is 13.2. The maximum atomic E-state index is 12.9. The van der Waals surface area contributed by atoms with Gasteiger partial charge in [0.15, 0.2) is 11.5 Å². The summed E-state index contributed by atoms with van der Waals surface area (Å²) in [6, 6.07) is 23.2. The molecular formula is C28H29N3O4. The van der Waals surface area contributed by atoms with E-state index in [0.29, 0.717) is 31.0 Å². The zero-order valence-corrected chi connectivity index (χ0v) is 19.9. The van der Waals surface area contributed by atoms with E-state index in [1.165, 1.54) is 0 Å². The summed E-state index contributed by atoms with van der Waals surface area (Å²) in [6.45, 7) is 2.99. The first kappa shape index (κ1) is 22.9. The molecule has 5 rings (SSSR count). The number of aryl methyl sites for hydroxylation is 1. The Morgan fingerprint density at radius 1 is 1.06 bits per heavy atom. The molecule has 0 unspecified atom stereocenters. The van der Waals surface area contributed by atoms with Crippen LogP contribution in [0.15, 0.2) is 72.8 Å². The molecule has 0 spiro atoms. The SMILES string of the molecule is COc1ccccc1OC[C@@H](O)Cn1c([C@H]2CC(=O)N(c3cccc(C)c3)C2)nc2ccccc21. The molecule has 1 N–H and O–H groups in total. The van der Waals surface area contributed by atoms with Gasteiger partial charge < -0.3 is 24.0 Å². The van der Waals surface area contributed by atoms with Gasteiger partial charge in [-0.25, -0.2) is 4.98 Å². The third kappa shape index (κ3) is 4.72. The van der Waals surface area contributed by atoms with E-state index in [0.717, 1.165) is 28.1 Å². The van der Waals surface area contributed by atoms with E-state index in [1.807, 2.05) is 89.2 Å². The van der Waals surface area contributed by atoms with Crippen LogP contribution in [-0.4, -0.2) is 46.9 Å². The van der Waals surface area contributed by atoms with Crippen LogP contribution in [0.4, 0.5) is 5.69 Å². The van der Waals surface area contributed by atoms with Crippen LogP contribution in [0.3, 0.4) is 0 Å². The standard InChI is InChI=1S/C28H29N3O4/c1-19-8-7-9-21(14-19)30-16-20(15-27(30)33)28-29-23-10-3-4-11-24(23)31(28)17-22(32)18-35-26-13-6-5-12-25(26)34-2/h3-14,20,22,32H,15-18H2,1-2H3/t20-,22-/m0/s1. The largest absolute Gasteiger partial charge is 0.493 e. The summed E-state index contributed by atoms with van der Waals surface area (Å²) in [7, 11) is 1.59. The fraction of sp³-hybridized carbons (Fsp3) is 0.286. The minimum Gasteiger partial charge on any atom is -0.493 e. The predicted octanol–water partition coefficient (Wildman–Crippen LogP) is 4.31. The zero-order chi connectivity index (χ0) is 24.4. The number of rotatable bonds is 8. The summed E-state index contributed by atoms with van der Waals surface area (Å²) in [6.07, 6.45) is -0.397. The van der Waals surface area contributed by atoms with E-state index in [1.54, 1.807) is 7.11 Å². The Balaban J connectivity index is 1.38. The molecular weight excluding hydrogens is 442 g/mol. The highest BCUT2D eigenvalue weighted by atomic mass is 16.5. The quantitative estimate of drug-likeness (QED) is 0.414. The molecule has 1 aromatic heterocycles. The molecule has 1 aliphatic heterocycles. The van der Waals surface area contributed by atoms with E-state index in [9.17, 15) is 9.90 Å². The van der Waals surface area contributed by atoms with Crippen LogP contribution in [0.2, 0.25) is 0 Å². The molecule has 3 aromatic carbocycles. The number of amides is 1. The van der Waals surface area contributed by atoms with Gasteiger partial charge in [0.25, 0.3) is 0 Å². The highest BCUT2D eigenvalue weighted by molar-refractivity contribution is 5.96. The van der Waals surface area contributed by atoms with Gasteiger partial charge >= 0.3 is 0 Å². The second kappa shape index (κ2) is 9.80. The lowest BCUT2D eigenvalue weighted by molar-refractivity contribution is -0.117. The lowest BCUT2D eigenvalue weighted by Gasteiger charge is -2.19. The summed E-state index contributed by atoms with van der Waals surface area (Å²) in [5.74, 6) is 2.03. The first-order chi connectivity index (χ1) is 17.0. The van der Waals surface area contributed by atoms with Crippen molar-refractivity contribution in [3.05, 3.63) is 84.2 Å². The van der Waals surface area contributed by atoms with Gasteiger partial charge in [0.1, 0.15) is 18.5 Å². The Morgan fingerprint density at radius 3 is 2.63 bits per heavy atom. The summed E-state index contributed by atoms with van der Waals surface area (Å²) in [4.78, 5) is 19.7. The number of nitrogens with zero attached hydrogens (tertiary/aromatic N) is 3. The van der Waals surface area contributed by atoms with Crippen LogP contribution in [0.25, 0.3) is 11.0 Å². The number of hydrogen-bond acceptors (Lipinski definition) is 5. The topological polar surface area (TPSA) is 76.8 Å². The molecule has 1 aliphatic rings. The fourth-order valence-corrected chi connectivity index (χ4v) is 4.71. The van der Waals surface area contributed by atoms with Gasteiger partial charge in [0, 0.05) is 24.6 Å².